The van der Waals surface area contributed by atoms with E-state index in [-0.39, 0.29) is 4.90 Å². The number of rotatable bonds is 5. The minimum absolute atomic E-state index is 0.224. The normalized spacial score (nSPS) is 17.3. The zero-order valence-corrected chi connectivity index (χ0v) is 11.6. The number of nitrogens with zero attached hydrogens (tertiary/aromatic N) is 1. The zero-order valence-electron chi connectivity index (χ0n) is 10.8. The highest BCUT2D eigenvalue weighted by Gasteiger charge is 2.19. The Balaban J connectivity index is 2.05. The Labute approximate surface area is 113 Å². The zero-order chi connectivity index (χ0) is 13.7. The summed E-state index contributed by atoms with van der Waals surface area (Å²) in [5.41, 5.74) is 0. The summed E-state index contributed by atoms with van der Waals surface area (Å²) < 4.78 is 34.7. The van der Waals surface area contributed by atoms with Crippen LogP contribution in [0.3, 0.4) is 0 Å². The van der Waals surface area contributed by atoms with Crippen LogP contribution in [0.5, 0.6) is 5.75 Å². The first-order chi connectivity index (χ1) is 9.12. The molecule has 0 radical (unpaired) electrons. The first-order valence-corrected chi connectivity index (χ1v) is 7.68. The summed E-state index contributed by atoms with van der Waals surface area (Å²) >= 11 is 0. The maximum Gasteiger partial charge on any atom is 0.253 e. The highest BCUT2D eigenvalue weighted by molar-refractivity contribution is 7.89. The van der Waals surface area contributed by atoms with Gasteiger partial charge in [-0.25, -0.2) is 13.4 Å². The molecule has 7 heteroatoms. The molecule has 0 aromatic heterocycles. The fourth-order valence-electron chi connectivity index (χ4n) is 1.76. The van der Waals surface area contributed by atoms with Crippen molar-refractivity contribution in [1.82, 2.24) is 9.84 Å². The molecule has 1 heterocycles. The molecule has 1 aromatic carbocycles. The summed E-state index contributed by atoms with van der Waals surface area (Å²) in [6.45, 7) is 4.60. The van der Waals surface area contributed by atoms with Gasteiger partial charge in [-0.2, -0.15) is 0 Å². The summed E-state index contributed by atoms with van der Waals surface area (Å²) in [6.07, 6.45) is 0. The van der Waals surface area contributed by atoms with Crippen molar-refractivity contribution in [3.63, 3.8) is 0 Å². The van der Waals surface area contributed by atoms with Crippen molar-refractivity contribution in [3.8, 4) is 5.75 Å². The van der Waals surface area contributed by atoms with Gasteiger partial charge in [0.15, 0.2) is 0 Å². The van der Waals surface area contributed by atoms with Crippen LogP contribution in [0.15, 0.2) is 29.2 Å². The Kier molecular flexibility index (Phi) is 4.76. The molecule has 0 unspecified atom stereocenters. The molecule has 0 saturated carbocycles. The number of sulfonamides is 1. The Bertz CT molecular complexity index is 495. The van der Waals surface area contributed by atoms with Crippen LogP contribution in [0.1, 0.15) is 6.92 Å². The molecular formula is C12H18N2O4S. The molecule has 0 amide bonds. The molecule has 1 N–H and O–H groups in total. The molecule has 1 aliphatic rings. The monoisotopic (exact) mass is 286 g/mol. The fraction of sp³-hybridized carbons (Fsp3) is 0.500. The second kappa shape index (κ2) is 6.33. The highest BCUT2D eigenvalue weighted by atomic mass is 32.2. The third-order valence-corrected chi connectivity index (χ3v) is 4.10. The third-order valence-electron chi connectivity index (χ3n) is 2.71. The Morgan fingerprint density at radius 1 is 1.26 bits per heavy atom. The van der Waals surface area contributed by atoms with Crippen LogP contribution in [-0.2, 0) is 14.8 Å². The van der Waals surface area contributed by atoms with Gasteiger partial charge in [-0.15, -0.1) is 4.83 Å². The lowest BCUT2D eigenvalue weighted by atomic mass is 10.3. The Hall–Kier alpha value is -1.15. The van der Waals surface area contributed by atoms with E-state index < -0.39 is 10.0 Å². The van der Waals surface area contributed by atoms with Gasteiger partial charge < -0.3 is 9.47 Å². The molecule has 19 heavy (non-hydrogen) atoms. The topological polar surface area (TPSA) is 67.9 Å². The minimum Gasteiger partial charge on any atom is -0.494 e. The quantitative estimate of drug-likeness (QED) is 0.859. The third kappa shape index (κ3) is 3.90. The van der Waals surface area contributed by atoms with Gasteiger partial charge in [0.05, 0.1) is 24.7 Å². The number of benzene rings is 1. The average molecular weight is 286 g/mol. The van der Waals surface area contributed by atoms with Gasteiger partial charge in [0, 0.05) is 13.1 Å². The molecular weight excluding hydrogens is 268 g/mol. The molecule has 0 spiro atoms. The highest BCUT2D eigenvalue weighted by Crippen LogP contribution is 2.16. The smallest absolute Gasteiger partial charge is 0.253 e. The minimum atomic E-state index is -3.53. The van der Waals surface area contributed by atoms with Crippen LogP contribution in [0.25, 0.3) is 0 Å². The molecule has 6 nitrogen and oxygen atoms in total. The van der Waals surface area contributed by atoms with Gasteiger partial charge in [-0.3, -0.25) is 0 Å². The fourth-order valence-corrected chi connectivity index (χ4v) is 2.88. The number of nitrogens with one attached hydrogen (secondary N) is 1. The second-order valence-corrected chi connectivity index (χ2v) is 5.76. The van der Waals surface area contributed by atoms with Crippen molar-refractivity contribution in [3.05, 3.63) is 24.3 Å². The molecule has 1 fully saturated rings. The number of hydrogen-bond acceptors (Lipinski definition) is 5. The van der Waals surface area contributed by atoms with Gasteiger partial charge in [-0.1, -0.05) is 0 Å². The molecule has 0 bridgehead atoms. The van der Waals surface area contributed by atoms with E-state index in [1.807, 2.05) is 6.92 Å². The summed E-state index contributed by atoms with van der Waals surface area (Å²) in [4.78, 5) is 2.77. The predicted molar refractivity (Wildman–Crippen MR) is 70.3 cm³/mol. The van der Waals surface area contributed by atoms with Crippen LogP contribution in [0.4, 0.5) is 0 Å². The molecule has 1 saturated heterocycles. The molecule has 1 aliphatic heterocycles. The second-order valence-electron chi connectivity index (χ2n) is 4.10. The van der Waals surface area contributed by atoms with Gasteiger partial charge in [0.1, 0.15) is 5.75 Å². The van der Waals surface area contributed by atoms with E-state index in [2.05, 4.69) is 4.83 Å². The summed E-state index contributed by atoms with van der Waals surface area (Å²) in [5.74, 6) is 0.660. The Morgan fingerprint density at radius 2 is 1.89 bits per heavy atom. The SMILES string of the molecule is CCOc1ccc(S(=O)(=O)NN2CCOCC2)cc1. The van der Waals surface area contributed by atoms with Crippen molar-refractivity contribution in [1.29, 1.82) is 0 Å². The van der Waals surface area contributed by atoms with Crippen LogP contribution in [0, 0.1) is 0 Å². The standard InChI is InChI=1S/C12H18N2O4S/c1-2-18-11-3-5-12(6-4-11)19(15,16)13-14-7-9-17-10-8-14/h3-6,13H,2,7-10H2,1H3. The first-order valence-electron chi connectivity index (χ1n) is 6.20. The Morgan fingerprint density at radius 3 is 2.47 bits per heavy atom. The molecule has 0 aliphatic carbocycles. The van der Waals surface area contributed by atoms with Crippen LogP contribution in [-0.4, -0.2) is 46.3 Å². The number of hydrazine groups is 1. The van der Waals surface area contributed by atoms with E-state index in [1.54, 1.807) is 17.1 Å². The van der Waals surface area contributed by atoms with Crippen LogP contribution in [0.2, 0.25) is 0 Å². The lowest BCUT2D eigenvalue weighted by Crippen LogP contribution is -2.48. The van der Waals surface area contributed by atoms with Crippen molar-refractivity contribution in [2.24, 2.45) is 0 Å². The van der Waals surface area contributed by atoms with Crippen molar-refractivity contribution >= 4 is 10.0 Å². The molecule has 106 valence electrons. The van der Waals surface area contributed by atoms with Crippen molar-refractivity contribution in [2.75, 3.05) is 32.9 Å². The molecule has 2 rings (SSSR count). The first kappa shape index (κ1) is 14.3. The van der Waals surface area contributed by atoms with Gasteiger partial charge in [-0.05, 0) is 31.2 Å². The number of ether oxygens (including phenoxy) is 2. The maximum atomic E-state index is 12.1. The van der Waals surface area contributed by atoms with Gasteiger partial charge in [0.2, 0.25) is 0 Å². The summed E-state index contributed by atoms with van der Waals surface area (Å²) in [6, 6.07) is 6.37. The van der Waals surface area contributed by atoms with E-state index in [1.165, 1.54) is 12.1 Å². The van der Waals surface area contributed by atoms with E-state index in [9.17, 15) is 8.42 Å². The van der Waals surface area contributed by atoms with E-state index in [4.69, 9.17) is 9.47 Å². The largest absolute Gasteiger partial charge is 0.494 e. The molecule has 1 aromatic rings. The lowest BCUT2D eigenvalue weighted by molar-refractivity contribution is 0.0272. The van der Waals surface area contributed by atoms with Crippen LogP contribution >= 0.6 is 0 Å². The van der Waals surface area contributed by atoms with Crippen LogP contribution < -0.4 is 9.57 Å². The van der Waals surface area contributed by atoms with Gasteiger partial charge in [0.25, 0.3) is 10.0 Å². The number of hydrogen-bond donors (Lipinski definition) is 1. The van der Waals surface area contributed by atoms with E-state index in [0.717, 1.165) is 0 Å². The van der Waals surface area contributed by atoms with Crippen molar-refractivity contribution in [2.45, 2.75) is 11.8 Å². The predicted octanol–water partition coefficient (Wildman–Crippen LogP) is 0.611. The maximum absolute atomic E-state index is 12.1. The lowest BCUT2D eigenvalue weighted by Gasteiger charge is -2.26. The number of morpholine rings is 1. The van der Waals surface area contributed by atoms with E-state index in [0.29, 0.717) is 38.7 Å². The average Bonchev–Trinajstić information content (AvgIpc) is 2.40. The molecule has 0 atom stereocenters. The summed E-state index contributed by atoms with van der Waals surface area (Å²) in [5, 5.41) is 1.65. The van der Waals surface area contributed by atoms with Crippen molar-refractivity contribution < 1.29 is 17.9 Å². The van der Waals surface area contributed by atoms with Gasteiger partial charge >= 0.3 is 0 Å². The summed E-state index contributed by atoms with van der Waals surface area (Å²) in [7, 11) is -3.53. The van der Waals surface area contributed by atoms with E-state index >= 15 is 0 Å².